The molecule has 1 N–H and O–H groups in total. The van der Waals surface area contributed by atoms with E-state index in [-0.39, 0.29) is 17.0 Å². The van der Waals surface area contributed by atoms with Gasteiger partial charge in [0.1, 0.15) is 0 Å². The number of piperidine rings is 1. The van der Waals surface area contributed by atoms with E-state index in [4.69, 9.17) is 4.98 Å². The fourth-order valence-electron chi connectivity index (χ4n) is 5.36. The van der Waals surface area contributed by atoms with E-state index in [2.05, 4.69) is 28.1 Å². The van der Waals surface area contributed by atoms with Crippen LogP contribution < -0.4 is 15.4 Å². The number of nitrogens with one attached hydrogen (secondary N) is 1. The number of para-hydroxylation sites is 1. The molecule has 158 valence electrons. The summed E-state index contributed by atoms with van der Waals surface area (Å²) in [7, 11) is 3.60. The number of fused-ring (bicyclic) bond motifs is 3. The Labute approximate surface area is 176 Å². The minimum Gasteiger partial charge on any atom is -0.342 e. The first-order chi connectivity index (χ1) is 14.5. The zero-order valence-corrected chi connectivity index (χ0v) is 17.8. The summed E-state index contributed by atoms with van der Waals surface area (Å²) in [5.41, 5.74) is 4.16. The summed E-state index contributed by atoms with van der Waals surface area (Å²) in [5, 5.41) is 0. The summed E-state index contributed by atoms with van der Waals surface area (Å²) in [6.45, 7) is 2.35. The molecule has 5 rings (SSSR count). The van der Waals surface area contributed by atoms with Crippen LogP contribution in [0.1, 0.15) is 42.5 Å². The van der Waals surface area contributed by atoms with Crippen LogP contribution in [0.2, 0.25) is 0 Å². The Morgan fingerprint density at radius 3 is 2.63 bits per heavy atom. The van der Waals surface area contributed by atoms with Gasteiger partial charge in [0.05, 0.1) is 5.69 Å². The lowest BCUT2D eigenvalue weighted by Crippen LogP contribution is -2.48. The molecule has 3 aliphatic rings. The van der Waals surface area contributed by atoms with Crippen molar-refractivity contribution >= 4 is 17.7 Å². The van der Waals surface area contributed by atoms with Gasteiger partial charge in [-0.3, -0.25) is 14.7 Å². The van der Waals surface area contributed by atoms with Gasteiger partial charge in [-0.05, 0) is 50.2 Å². The lowest BCUT2D eigenvalue weighted by Gasteiger charge is -2.40. The van der Waals surface area contributed by atoms with Gasteiger partial charge in [-0.15, -0.1) is 0 Å². The van der Waals surface area contributed by atoms with E-state index in [0.29, 0.717) is 12.5 Å². The third kappa shape index (κ3) is 2.99. The van der Waals surface area contributed by atoms with Gasteiger partial charge in [-0.25, -0.2) is 9.78 Å². The number of urea groups is 1. The summed E-state index contributed by atoms with van der Waals surface area (Å²) in [4.78, 5) is 39.0. The van der Waals surface area contributed by atoms with Crippen LogP contribution in [0.15, 0.2) is 29.1 Å². The number of aromatic nitrogens is 2. The molecule has 7 nitrogen and oxygen atoms in total. The molecular weight excluding hydrogens is 378 g/mol. The first-order valence-electron chi connectivity index (χ1n) is 10.9. The third-order valence-electron chi connectivity index (χ3n) is 7.04. The number of nitrogens with zero attached hydrogens (tertiary/aromatic N) is 4. The lowest BCUT2D eigenvalue weighted by molar-refractivity contribution is 0.221. The summed E-state index contributed by atoms with van der Waals surface area (Å²) in [6.07, 6.45) is 5.79. The number of carbonyl (C=O) groups is 1. The number of H-pyrrole nitrogens is 1. The number of aryl methyl sites for hydroxylation is 1. The predicted molar refractivity (Wildman–Crippen MR) is 117 cm³/mol. The molecule has 2 aliphatic heterocycles. The minimum atomic E-state index is -0.0345. The van der Waals surface area contributed by atoms with Gasteiger partial charge in [0.25, 0.3) is 5.56 Å². The van der Waals surface area contributed by atoms with Gasteiger partial charge >= 0.3 is 6.03 Å². The number of hydrogen-bond acceptors (Lipinski definition) is 4. The van der Waals surface area contributed by atoms with Crippen molar-refractivity contribution in [2.45, 2.75) is 43.9 Å². The fraction of sp³-hybridized carbons (Fsp3) is 0.522. The number of aromatic amines is 1. The molecule has 0 radical (unpaired) electrons. The van der Waals surface area contributed by atoms with E-state index in [1.165, 1.54) is 5.56 Å². The van der Waals surface area contributed by atoms with Crippen molar-refractivity contribution in [3.05, 3.63) is 51.4 Å². The van der Waals surface area contributed by atoms with Crippen LogP contribution in [0, 0.1) is 0 Å². The Bertz CT molecular complexity index is 1040. The number of carbonyl (C=O) groups excluding carboxylic acids is 1. The van der Waals surface area contributed by atoms with Crippen LogP contribution in [0.3, 0.4) is 0 Å². The average Bonchev–Trinajstić information content (AvgIpc) is 3.08. The number of amides is 2. The second-order valence-electron chi connectivity index (χ2n) is 9.07. The molecule has 0 saturated carbocycles. The fourth-order valence-corrected chi connectivity index (χ4v) is 5.36. The average molecular weight is 408 g/mol. The molecule has 1 spiro atoms. The van der Waals surface area contributed by atoms with Crippen LogP contribution in [0.25, 0.3) is 0 Å². The van der Waals surface area contributed by atoms with Crippen LogP contribution >= 0.6 is 0 Å². The number of benzene rings is 1. The molecule has 30 heavy (non-hydrogen) atoms. The minimum absolute atomic E-state index is 0.0300. The molecule has 1 aromatic carbocycles. The molecule has 1 saturated heterocycles. The molecule has 2 aromatic rings. The zero-order valence-electron chi connectivity index (χ0n) is 17.8. The highest BCUT2D eigenvalue weighted by Gasteiger charge is 2.46. The van der Waals surface area contributed by atoms with Gasteiger partial charge in [-0.2, -0.15) is 0 Å². The van der Waals surface area contributed by atoms with E-state index in [1.807, 2.05) is 11.0 Å². The first kappa shape index (κ1) is 19.2. The third-order valence-corrected chi connectivity index (χ3v) is 7.04. The Morgan fingerprint density at radius 2 is 1.87 bits per heavy atom. The number of rotatable bonds is 1. The van der Waals surface area contributed by atoms with Crippen molar-refractivity contribution < 1.29 is 4.79 Å². The second-order valence-corrected chi connectivity index (χ2v) is 9.07. The second kappa shape index (κ2) is 7.15. The molecule has 3 heterocycles. The highest BCUT2D eigenvalue weighted by atomic mass is 16.2. The van der Waals surface area contributed by atoms with Crippen molar-refractivity contribution in [3.63, 3.8) is 0 Å². The quantitative estimate of drug-likeness (QED) is 0.789. The van der Waals surface area contributed by atoms with E-state index in [9.17, 15) is 9.59 Å². The molecule has 0 atom stereocenters. The highest BCUT2D eigenvalue weighted by Crippen LogP contribution is 2.47. The predicted octanol–water partition coefficient (Wildman–Crippen LogP) is 2.69. The van der Waals surface area contributed by atoms with E-state index in [1.54, 1.807) is 19.0 Å². The zero-order chi connectivity index (χ0) is 20.9. The summed E-state index contributed by atoms with van der Waals surface area (Å²) in [5.74, 6) is 0.711. The maximum atomic E-state index is 12.8. The van der Waals surface area contributed by atoms with Gasteiger partial charge in [0, 0.05) is 50.4 Å². The maximum absolute atomic E-state index is 12.8. The first-order valence-corrected chi connectivity index (χ1v) is 10.9. The van der Waals surface area contributed by atoms with Crippen LogP contribution in [0.4, 0.5) is 16.4 Å². The number of hydrogen-bond donors (Lipinski definition) is 1. The lowest BCUT2D eigenvalue weighted by atomic mass is 9.74. The molecule has 0 unspecified atom stereocenters. The largest absolute Gasteiger partial charge is 0.342 e. The SMILES string of the molecule is CN(C)C(=O)N1CC2(CCN(c3nc4c(c(=O)[nH]3)CCCC4)CC2)c2ccccc21. The molecule has 1 aromatic heterocycles. The van der Waals surface area contributed by atoms with Gasteiger partial charge in [0.15, 0.2) is 0 Å². The number of anilines is 2. The summed E-state index contributed by atoms with van der Waals surface area (Å²) >= 11 is 0. The van der Waals surface area contributed by atoms with E-state index < -0.39 is 0 Å². The monoisotopic (exact) mass is 407 g/mol. The molecule has 7 heteroatoms. The summed E-state index contributed by atoms with van der Waals surface area (Å²) < 4.78 is 0. The van der Waals surface area contributed by atoms with Crippen molar-refractivity contribution in [3.8, 4) is 0 Å². The van der Waals surface area contributed by atoms with Gasteiger partial charge < -0.3 is 9.80 Å². The van der Waals surface area contributed by atoms with Crippen LogP contribution in [-0.4, -0.2) is 54.6 Å². The van der Waals surface area contributed by atoms with Crippen LogP contribution in [-0.2, 0) is 18.3 Å². The Balaban J connectivity index is 1.40. The standard InChI is InChI=1S/C23H29N5O2/c1-26(2)22(30)28-15-23(17-8-4-6-10-19(17)28)11-13-27(14-12-23)21-24-18-9-5-3-7-16(18)20(29)25-21/h4,6,8,10H,3,5,7,9,11-15H2,1-2H3,(H,24,25,29). The Hall–Kier alpha value is -2.83. The van der Waals surface area contributed by atoms with E-state index >= 15 is 0 Å². The Morgan fingerprint density at radius 1 is 1.13 bits per heavy atom. The van der Waals surface area contributed by atoms with Crippen molar-refractivity contribution in [1.29, 1.82) is 0 Å². The molecule has 2 amide bonds. The van der Waals surface area contributed by atoms with E-state index in [0.717, 1.165) is 68.6 Å². The topological polar surface area (TPSA) is 72.5 Å². The summed E-state index contributed by atoms with van der Waals surface area (Å²) in [6, 6.07) is 8.33. The maximum Gasteiger partial charge on any atom is 0.323 e. The smallest absolute Gasteiger partial charge is 0.323 e. The normalized spacial score (nSPS) is 19.5. The Kier molecular flexibility index (Phi) is 4.56. The molecular formula is C23H29N5O2. The molecule has 1 aliphatic carbocycles. The highest BCUT2D eigenvalue weighted by molar-refractivity contribution is 5.95. The van der Waals surface area contributed by atoms with Gasteiger partial charge in [-0.1, -0.05) is 18.2 Å². The van der Waals surface area contributed by atoms with Crippen molar-refractivity contribution in [2.24, 2.45) is 0 Å². The van der Waals surface area contributed by atoms with Crippen molar-refractivity contribution in [2.75, 3.05) is 43.5 Å². The van der Waals surface area contributed by atoms with Crippen LogP contribution in [0.5, 0.6) is 0 Å². The van der Waals surface area contributed by atoms with Crippen molar-refractivity contribution in [1.82, 2.24) is 14.9 Å². The van der Waals surface area contributed by atoms with Gasteiger partial charge in [0.2, 0.25) is 5.95 Å². The molecule has 0 bridgehead atoms. The molecule has 1 fully saturated rings.